The van der Waals surface area contributed by atoms with Gasteiger partial charge < -0.3 is 24.6 Å². The van der Waals surface area contributed by atoms with Crippen LogP contribution in [0.5, 0.6) is 11.5 Å². The molecular formula is C23H30N4O5. The van der Waals surface area contributed by atoms with Gasteiger partial charge in [0.25, 0.3) is 11.8 Å². The van der Waals surface area contributed by atoms with Crippen molar-refractivity contribution in [2.24, 2.45) is 0 Å². The summed E-state index contributed by atoms with van der Waals surface area (Å²) in [7, 11) is 0. The lowest BCUT2D eigenvalue weighted by molar-refractivity contribution is -0.135. The Bertz CT molecular complexity index is 927. The van der Waals surface area contributed by atoms with Crippen molar-refractivity contribution in [2.75, 3.05) is 45.9 Å². The first kappa shape index (κ1) is 21.1. The highest BCUT2D eigenvalue weighted by atomic mass is 16.6. The van der Waals surface area contributed by atoms with Crippen molar-refractivity contribution < 1.29 is 23.9 Å². The number of carbonyl (C=O) groups is 3. The zero-order valence-electron chi connectivity index (χ0n) is 18.5. The Balaban J connectivity index is 1.29. The molecule has 5 rings (SSSR count). The lowest BCUT2D eigenvalue weighted by Crippen LogP contribution is -2.56. The van der Waals surface area contributed by atoms with Crippen LogP contribution < -0.4 is 14.8 Å². The molecule has 172 valence electrons. The molecule has 1 atom stereocenters. The summed E-state index contributed by atoms with van der Waals surface area (Å²) in [6.45, 7) is 6.56. The first-order valence-corrected chi connectivity index (χ1v) is 11.6. The van der Waals surface area contributed by atoms with Gasteiger partial charge in [-0.1, -0.05) is 6.92 Å². The Hall–Kier alpha value is -2.81. The van der Waals surface area contributed by atoms with Crippen molar-refractivity contribution in [3.05, 3.63) is 23.8 Å². The van der Waals surface area contributed by atoms with Crippen LogP contribution in [0, 0.1) is 0 Å². The number of nitrogens with zero attached hydrogens (tertiary/aromatic N) is 3. The highest BCUT2D eigenvalue weighted by Gasteiger charge is 2.54. The number of hydrogen-bond donors (Lipinski definition) is 1. The van der Waals surface area contributed by atoms with Gasteiger partial charge in [-0.05, 0) is 50.4 Å². The maximum absolute atomic E-state index is 13.4. The van der Waals surface area contributed by atoms with E-state index < -0.39 is 5.54 Å². The standard InChI is InChI=1S/C23H30N4O5/c1-2-25-10-7-23(8-11-25)21(29)27(22(30)24-23)17-4-3-9-26(15-17)20(28)16-5-6-18-19(14-16)32-13-12-31-18/h5-6,14,17H,2-4,7-13,15H2,1H3,(H,24,30). The molecule has 0 radical (unpaired) electrons. The van der Waals surface area contributed by atoms with Gasteiger partial charge in [-0.15, -0.1) is 0 Å². The van der Waals surface area contributed by atoms with E-state index in [9.17, 15) is 14.4 Å². The Morgan fingerprint density at radius 2 is 1.88 bits per heavy atom. The highest BCUT2D eigenvalue weighted by Crippen LogP contribution is 2.34. The maximum atomic E-state index is 13.4. The average molecular weight is 443 g/mol. The summed E-state index contributed by atoms with van der Waals surface area (Å²) in [5.41, 5.74) is -0.263. The van der Waals surface area contributed by atoms with Crippen LogP contribution in [0.15, 0.2) is 18.2 Å². The number of fused-ring (bicyclic) bond motifs is 1. The number of imide groups is 1. The minimum atomic E-state index is -0.787. The number of nitrogens with one attached hydrogen (secondary N) is 1. The number of amides is 4. The molecule has 1 aromatic carbocycles. The molecule has 4 amide bonds. The third kappa shape index (κ3) is 3.58. The van der Waals surface area contributed by atoms with Gasteiger partial charge in [0.15, 0.2) is 11.5 Å². The van der Waals surface area contributed by atoms with Crippen molar-refractivity contribution in [2.45, 2.75) is 44.2 Å². The first-order chi connectivity index (χ1) is 15.5. The van der Waals surface area contributed by atoms with E-state index in [1.165, 1.54) is 4.90 Å². The maximum Gasteiger partial charge on any atom is 0.325 e. The van der Waals surface area contributed by atoms with Crippen molar-refractivity contribution >= 4 is 17.8 Å². The van der Waals surface area contributed by atoms with Gasteiger partial charge in [0.05, 0.1) is 6.04 Å². The molecule has 3 saturated heterocycles. The van der Waals surface area contributed by atoms with Crippen molar-refractivity contribution in [3.63, 3.8) is 0 Å². The average Bonchev–Trinajstić information content (AvgIpc) is 3.07. The fraction of sp³-hybridized carbons (Fsp3) is 0.609. The van der Waals surface area contributed by atoms with E-state index >= 15 is 0 Å². The minimum absolute atomic E-state index is 0.121. The number of hydrogen-bond acceptors (Lipinski definition) is 6. The Morgan fingerprint density at radius 1 is 1.12 bits per heavy atom. The lowest BCUT2D eigenvalue weighted by atomic mass is 9.87. The summed E-state index contributed by atoms with van der Waals surface area (Å²) in [6.07, 6.45) is 2.72. The second-order valence-electron chi connectivity index (χ2n) is 9.03. The zero-order valence-corrected chi connectivity index (χ0v) is 18.5. The second kappa shape index (κ2) is 8.27. The number of urea groups is 1. The Kier molecular flexibility index (Phi) is 5.44. The molecule has 0 saturated carbocycles. The summed E-state index contributed by atoms with van der Waals surface area (Å²) in [6, 6.07) is 4.58. The normalized spacial score (nSPS) is 25.2. The van der Waals surface area contributed by atoms with Gasteiger partial charge >= 0.3 is 6.03 Å². The topological polar surface area (TPSA) is 91.4 Å². The van der Waals surface area contributed by atoms with Crippen LogP contribution in [0.2, 0.25) is 0 Å². The molecule has 4 aliphatic heterocycles. The van der Waals surface area contributed by atoms with Crippen LogP contribution in [-0.2, 0) is 4.79 Å². The number of rotatable bonds is 3. The van der Waals surface area contributed by atoms with Crippen LogP contribution in [0.1, 0.15) is 43.0 Å². The SMILES string of the molecule is CCN1CCC2(CC1)NC(=O)N(C1CCCN(C(=O)c3ccc4c(c3)OCCO4)C1)C2=O. The summed E-state index contributed by atoms with van der Waals surface area (Å²) in [5, 5.41) is 3.00. The summed E-state index contributed by atoms with van der Waals surface area (Å²) >= 11 is 0. The molecule has 32 heavy (non-hydrogen) atoms. The fourth-order valence-electron chi connectivity index (χ4n) is 5.27. The zero-order chi connectivity index (χ0) is 22.3. The highest BCUT2D eigenvalue weighted by molar-refractivity contribution is 6.07. The van der Waals surface area contributed by atoms with E-state index in [2.05, 4.69) is 17.1 Å². The van der Waals surface area contributed by atoms with Crippen molar-refractivity contribution in [1.82, 2.24) is 20.0 Å². The smallest absolute Gasteiger partial charge is 0.325 e. The molecular weight excluding hydrogens is 412 g/mol. The lowest BCUT2D eigenvalue weighted by Gasteiger charge is -2.39. The molecule has 1 spiro atoms. The van der Waals surface area contributed by atoms with E-state index in [-0.39, 0.29) is 23.9 Å². The molecule has 9 nitrogen and oxygen atoms in total. The molecule has 4 aliphatic rings. The largest absolute Gasteiger partial charge is 0.486 e. The first-order valence-electron chi connectivity index (χ1n) is 11.6. The number of piperidine rings is 2. The van der Waals surface area contributed by atoms with E-state index in [1.807, 2.05) is 0 Å². The van der Waals surface area contributed by atoms with E-state index in [4.69, 9.17) is 9.47 Å². The quantitative estimate of drug-likeness (QED) is 0.713. The third-order valence-electron chi connectivity index (χ3n) is 7.19. The van der Waals surface area contributed by atoms with Crippen LogP contribution in [0.25, 0.3) is 0 Å². The molecule has 3 fully saturated rings. The summed E-state index contributed by atoms with van der Waals surface area (Å²) < 4.78 is 11.1. The second-order valence-corrected chi connectivity index (χ2v) is 9.03. The third-order valence-corrected chi connectivity index (χ3v) is 7.19. The number of ether oxygens (including phenoxy) is 2. The van der Waals surface area contributed by atoms with E-state index in [0.29, 0.717) is 62.6 Å². The van der Waals surface area contributed by atoms with Crippen molar-refractivity contribution in [3.8, 4) is 11.5 Å². The summed E-state index contributed by atoms with van der Waals surface area (Å²) in [5.74, 6) is 0.967. The van der Waals surface area contributed by atoms with Crippen LogP contribution in [0.3, 0.4) is 0 Å². The van der Waals surface area contributed by atoms with Gasteiger partial charge in [-0.3, -0.25) is 14.5 Å². The number of carbonyl (C=O) groups excluding carboxylic acids is 3. The fourth-order valence-corrected chi connectivity index (χ4v) is 5.27. The van der Waals surface area contributed by atoms with Gasteiger partial charge in [0.1, 0.15) is 18.8 Å². The van der Waals surface area contributed by atoms with Gasteiger partial charge in [0, 0.05) is 31.7 Å². The molecule has 9 heteroatoms. The van der Waals surface area contributed by atoms with Crippen LogP contribution in [-0.4, -0.2) is 90.1 Å². The molecule has 0 aromatic heterocycles. The number of benzene rings is 1. The molecule has 1 aromatic rings. The Labute approximate surface area is 187 Å². The molecule has 0 aliphatic carbocycles. The molecule has 0 bridgehead atoms. The van der Waals surface area contributed by atoms with Crippen LogP contribution in [0.4, 0.5) is 4.79 Å². The monoisotopic (exact) mass is 442 g/mol. The van der Waals surface area contributed by atoms with E-state index in [1.54, 1.807) is 23.1 Å². The van der Waals surface area contributed by atoms with Crippen molar-refractivity contribution in [1.29, 1.82) is 0 Å². The summed E-state index contributed by atoms with van der Waals surface area (Å²) in [4.78, 5) is 44.9. The van der Waals surface area contributed by atoms with Gasteiger partial charge in [-0.2, -0.15) is 0 Å². The van der Waals surface area contributed by atoms with E-state index in [0.717, 1.165) is 26.1 Å². The van der Waals surface area contributed by atoms with Crippen LogP contribution >= 0.6 is 0 Å². The number of likely N-dealkylation sites (tertiary alicyclic amines) is 2. The molecule has 1 N–H and O–H groups in total. The predicted molar refractivity (Wildman–Crippen MR) is 116 cm³/mol. The minimum Gasteiger partial charge on any atom is -0.486 e. The Morgan fingerprint density at radius 3 is 2.62 bits per heavy atom. The predicted octanol–water partition coefficient (Wildman–Crippen LogP) is 1.47. The van der Waals surface area contributed by atoms with Gasteiger partial charge in [-0.25, -0.2) is 4.79 Å². The molecule has 1 unspecified atom stereocenters. The van der Waals surface area contributed by atoms with Gasteiger partial charge in [0.2, 0.25) is 0 Å². The molecule has 4 heterocycles.